The van der Waals surface area contributed by atoms with Crippen molar-refractivity contribution in [3.05, 3.63) is 83.9 Å². The van der Waals surface area contributed by atoms with Gasteiger partial charge in [-0.15, -0.1) is 10.2 Å². The number of hydrogen-bond donors (Lipinski definition) is 3. The van der Waals surface area contributed by atoms with Crippen LogP contribution in [0.1, 0.15) is 30.9 Å². The van der Waals surface area contributed by atoms with Crippen molar-refractivity contribution in [1.29, 1.82) is 0 Å². The Morgan fingerprint density at radius 3 is 2.46 bits per heavy atom. The monoisotopic (exact) mass is 507 g/mol. The summed E-state index contributed by atoms with van der Waals surface area (Å²) in [6.07, 6.45) is 0. The minimum atomic E-state index is -3.96. The lowest BCUT2D eigenvalue weighted by Gasteiger charge is -2.08. The highest BCUT2D eigenvalue weighted by molar-refractivity contribution is 7.89. The first kappa shape index (κ1) is 24.5. The summed E-state index contributed by atoms with van der Waals surface area (Å²) in [6, 6.07) is 21.9. The average molecular weight is 508 g/mol. The van der Waals surface area contributed by atoms with Crippen LogP contribution in [0.5, 0.6) is 5.88 Å². The molecule has 4 rings (SSSR count). The zero-order valence-corrected chi connectivity index (χ0v) is 20.8. The number of primary sulfonamides is 1. The number of aromatic hydroxyl groups is 1. The van der Waals surface area contributed by atoms with E-state index in [0.717, 1.165) is 22.0 Å². The Morgan fingerprint density at radius 2 is 1.77 bits per heavy atom. The summed E-state index contributed by atoms with van der Waals surface area (Å²) in [5.41, 5.74) is 3.39. The summed E-state index contributed by atoms with van der Waals surface area (Å²) in [7, 11) is -3.96. The van der Waals surface area contributed by atoms with Crippen LogP contribution >= 0.6 is 12.2 Å². The topological polar surface area (TPSA) is 122 Å². The van der Waals surface area contributed by atoms with Gasteiger partial charge in [0.15, 0.2) is 5.69 Å². The van der Waals surface area contributed by atoms with Gasteiger partial charge in [0.1, 0.15) is 4.90 Å². The summed E-state index contributed by atoms with van der Waals surface area (Å²) >= 11 is 5.27. The van der Waals surface area contributed by atoms with Gasteiger partial charge in [-0.3, -0.25) is 0 Å². The predicted octanol–water partition coefficient (Wildman–Crippen LogP) is 5.65. The van der Waals surface area contributed by atoms with Crippen molar-refractivity contribution in [3.8, 4) is 5.88 Å². The molecule has 8 nitrogen and oxygen atoms in total. The second-order valence-corrected chi connectivity index (χ2v) is 10.3. The number of nitrogens with two attached hydrogens (primary N) is 1. The van der Waals surface area contributed by atoms with Gasteiger partial charge < -0.3 is 15.0 Å². The zero-order chi connectivity index (χ0) is 25.2. The van der Waals surface area contributed by atoms with E-state index < -0.39 is 10.0 Å². The molecule has 0 aliphatic rings. The summed E-state index contributed by atoms with van der Waals surface area (Å²) in [4.78, 5) is -0.110. The van der Waals surface area contributed by atoms with Gasteiger partial charge in [-0.05, 0) is 53.5 Å². The summed E-state index contributed by atoms with van der Waals surface area (Å²) in [6.45, 7) is 4.63. The fourth-order valence-corrected chi connectivity index (χ4v) is 4.62. The van der Waals surface area contributed by atoms with Crippen LogP contribution in [-0.4, -0.2) is 23.2 Å². The number of fused-ring (bicyclic) bond motifs is 1. The molecule has 0 fully saturated rings. The number of hydrogen-bond acceptors (Lipinski definition) is 5. The van der Waals surface area contributed by atoms with E-state index >= 15 is 0 Å². The Hall–Kier alpha value is -3.60. The van der Waals surface area contributed by atoms with Gasteiger partial charge in [0.05, 0.1) is 17.7 Å². The molecule has 0 spiro atoms. The van der Waals surface area contributed by atoms with E-state index in [9.17, 15) is 13.5 Å². The van der Waals surface area contributed by atoms with Crippen molar-refractivity contribution in [3.63, 3.8) is 0 Å². The molecule has 0 amide bonds. The summed E-state index contributed by atoms with van der Waals surface area (Å²) < 4.78 is 25.5. The zero-order valence-electron chi connectivity index (χ0n) is 19.2. The third kappa shape index (κ3) is 5.40. The number of aromatic nitrogens is 1. The molecule has 1 heterocycles. The molecule has 4 N–H and O–H groups in total. The van der Waals surface area contributed by atoms with Gasteiger partial charge in [-0.2, -0.15) is 0 Å². The SMILES string of the molecule is CC(C)c1ccc2c(c1)c(N=NC(=S)Nc1ccccc1S(N)(=O)=O)c(O)n2Cc1ccccc1. The van der Waals surface area contributed by atoms with E-state index in [2.05, 4.69) is 29.4 Å². The number of nitrogens with zero attached hydrogens (tertiary/aromatic N) is 3. The molecule has 0 unspecified atom stereocenters. The van der Waals surface area contributed by atoms with Crippen LogP contribution in [0, 0.1) is 0 Å². The molecule has 0 aliphatic heterocycles. The number of rotatable bonds is 6. The van der Waals surface area contributed by atoms with Gasteiger partial charge in [-0.1, -0.05) is 62.4 Å². The lowest BCUT2D eigenvalue weighted by Crippen LogP contribution is -2.16. The first-order valence-corrected chi connectivity index (χ1v) is 12.8. The maximum atomic E-state index is 11.8. The molecular weight excluding hydrogens is 482 g/mol. The van der Waals surface area contributed by atoms with E-state index in [-0.39, 0.29) is 33.2 Å². The lowest BCUT2D eigenvalue weighted by atomic mass is 10.0. The van der Waals surface area contributed by atoms with E-state index in [1.807, 2.05) is 48.5 Å². The molecule has 1 aromatic heterocycles. The standard InChI is InChI=1S/C25H25N5O3S2/c1-16(2)18-12-13-21-19(14-18)23(24(31)30(21)15-17-8-4-3-5-9-17)28-29-25(34)27-20-10-6-7-11-22(20)35(26,32)33/h3-14,16,31H,15H2,1-2H3,(H,27,34)(H2,26,32,33). The van der Waals surface area contributed by atoms with Crippen molar-refractivity contribution in [2.24, 2.45) is 15.4 Å². The first-order chi connectivity index (χ1) is 16.6. The van der Waals surface area contributed by atoms with Crippen LogP contribution in [0.3, 0.4) is 0 Å². The fraction of sp³-hybridized carbons (Fsp3) is 0.160. The third-order valence-electron chi connectivity index (χ3n) is 5.56. The Labute approximate surface area is 209 Å². The van der Waals surface area contributed by atoms with Crippen molar-refractivity contribution in [2.75, 3.05) is 5.32 Å². The fourth-order valence-electron chi connectivity index (χ4n) is 3.78. The third-order valence-corrected chi connectivity index (χ3v) is 6.71. The molecule has 4 aromatic rings. The minimum Gasteiger partial charge on any atom is -0.493 e. The number of para-hydroxylation sites is 1. The summed E-state index contributed by atoms with van der Waals surface area (Å²) in [5, 5.41) is 28.1. The van der Waals surface area contributed by atoms with E-state index in [1.54, 1.807) is 16.7 Å². The largest absolute Gasteiger partial charge is 0.493 e. The highest BCUT2D eigenvalue weighted by Crippen LogP contribution is 2.40. The van der Waals surface area contributed by atoms with E-state index in [1.165, 1.54) is 12.1 Å². The van der Waals surface area contributed by atoms with Gasteiger partial charge in [0.25, 0.3) is 0 Å². The second kappa shape index (κ2) is 9.95. The number of nitrogens with one attached hydrogen (secondary N) is 1. The maximum absolute atomic E-state index is 11.8. The Morgan fingerprint density at radius 1 is 1.09 bits per heavy atom. The molecule has 10 heteroatoms. The number of thiocarbonyl (C=S) groups is 1. The van der Waals surface area contributed by atoms with Crippen LogP contribution in [0.2, 0.25) is 0 Å². The smallest absolute Gasteiger partial charge is 0.240 e. The highest BCUT2D eigenvalue weighted by Gasteiger charge is 2.19. The molecule has 0 bridgehead atoms. The number of anilines is 1. The molecule has 0 atom stereocenters. The minimum absolute atomic E-state index is 0.0405. The number of benzene rings is 3. The maximum Gasteiger partial charge on any atom is 0.240 e. The molecule has 0 saturated heterocycles. The van der Waals surface area contributed by atoms with Crippen molar-refractivity contribution < 1.29 is 13.5 Å². The molecule has 0 aliphatic carbocycles. The Bertz CT molecular complexity index is 1530. The second-order valence-electron chi connectivity index (χ2n) is 8.35. The quantitative estimate of drug-likeness (QED) is 0.230. The van der Waals surface area contributed by atoms with Gasteiger partial charge in [0, 0.05) is 5.39 Å². The van der Waals surface area contributed by atoms with Gasteiger partial charge in [0.2, 0.25) is 21.0 Å². The predicted molar refractivity (Wildman–Crippen MR) is 142 cm³/mol. The van der Waals surface area contributed by atoms with Crippen LogP contribution in [-0.2, 0) is 16.6 Å². The Kier molecular flexibility index (Phi) is 6.97. The van der Waals surface area contributed by atoms with Crippen molar-refractivity contribution in [2.45, 2.75) is 31.2 Å². The number of azo groups is 1. The van der Waals surface area contributed by atoms with Crippen LogP contribution in [0.25, 0.3) is 10.9 Å². The van der Waals surface area contributed by atoms with Crippen molar-refractivity contribution >= 4 is 49.6 Å². The molecule has 35 heavy (non-hydrogen) atoms. The Balaban J connectivity index is 1.72. The molecule has 3 aromatic carbocycles. The average Bonchev–Trinajstić information content (AvgIpc) is 3.08. The van der Waals surface area contributed by atoms with Gasteiger partial charge >= 0.3 is 0 Å². The van der Waals surface area contributed by atoms with Crippen LogP contribution < -0.4 is 10.5 Å². The molecule has 0 saturated carbocycles. The van der Waals surface area contributed by atoms with Gasteiger partial charge in [-0.25, -0.2) is 13.6 Å². The van der Waals surface area contributed by atoms with Crippen LogP contribution in [0.15, 0.2) is 87.9 Å². The molecule has 180 valence electrons. The first-order valence-electron chi connectivity index (χ1n) is 10.9. The van der Waals surface area contributed by atoms with E-state index in [0.29, 0.717) is 6.54 Å². The van der Waals surface area contributed by atoms with Crippen molar-refractivity contribution in [1.82, 2.24) is 4.57 Å². The number of sulfonamides is 1. The highest BCUT2D eigenvalue weighted by atomic mass is 32.2. The van der Waals surface area contributed by atoms with E-state index in [4.69, 9.17) is 17.4 Å². The molecule has 0 radical (unpaired) electrons. The summed E-state index contributed by atoms with van der Waals surface area (Å²) in [5.74, 6) is 0.238. The lowest BCUT2D eigenvalue weighted by molar-refractivity contribution is 0.429. The van der Waals surface area contributed by atoms with Crippen LogP contribution in [0.4, 0.5) is 11.4 Å². The normalized spacial score (nSPS) is 12.0. The molecular formula is C25H25N5O3S2.